The first-order valence-corrected chi connectivity index (χ1v) is 7.05. The molecule has 0 saturated carbocycles. The molecule has 0 unspecified atom stereocenters. The Morgan fingerprint density at radius 3 is 2.71 bits per heavy atom. The van der Waals surface area contributed by atoms with E-state index in [4.69, 9.17) is 16.3 Å². The number of amides is 1. The van der Waals surface area contributed by atoms with Crippen molar-refractivity contribution in [3.63, 3.8) is 0 Å². The predicted octanol–water partition coefficient (Wildman–Crippen LogP) is 4.05. The van der Waals surface area contributed by atoms with Gasteiger partial charge in [-0.05, 0) is 35.9 Å². The van der Waals surface area contributed by atoms with Gasteiger partial charge in [0, 0.05) is 17.8 Å². The Labute approximate surface area is 141 Å². The van der Waals surface area contributed by atoms with E-state index in [1.165, 1.54) is 43.5 Å². The minimum Gasteiger partial charge on any atom is -0.494 e. The van der Waals surface area contributed by atoms with Crippen molar-refractivity contribution in [3.05, 3.63) is 69.0 Å². The van der Waals surface area contributed by atoms with Crippen molar-refractivity contribution < 1.29 is 18.8 Å². The fourth-order valence-electron chi connectivity index (χ4n) is 1.87. The van der Waals surface area contributed by atoms with Crippen LogP contribution in [-0.2, 0) is 4.79 Å². The molecule has 0 bridgehead atoms. The average Bonchev–Trinajstić information content (AvgIpc) is 2.54. The van der Waals surface area contributed by atoms with Crippen LogP contribution in [0.5, 0.6) is 5.75 Å². The van der Waals surface area contributed by atoms with Crippen molar-refractivity contribution in [1.82, 2.24) is 0 Å². The Hall–Kier alpha value is -2.93. The molecule has 8 heteroatoms. The topological polar surface area (TPSA) is 81.5 Å². The van der Waals surface area contributed by atoms with Gasteiger partial charge in [-0.1, -0.05) is 17.7 Å². The lowest BCUT2D eigenvalue weighted by atomic mass is 10.2. The maximum absolute atomic E-state index is 13.5. The summed E-state index contributed by atoms with van der Waals surface area (Å²) in [6, 6.07) is 8.15. The maximum atomic E-state index is 13.5. The van der Waals surface area contributed by atoms with Crippen LogP contribution in [0, 0.1) is 15.9 Å². The molecule has 0 radical (unpaired) electrons. The highest BCUT2D eigenvalue weighted by Crippen LogP contribution is 2.27. The first-order chi connectivity index (χ1) is 11.4. The van der Waals surface area contributed by atoms with Gasteiger partial charge in [0.25, 0.3) is 5.69 Å². The Morgan fingerprint density at radius 1 is 1.33 bits per heavy atom. The highest BCUT2D eigenvalue weighted by molar-refractivity contribution is 6.32. The third-order valence-corrected chi connectivity index (χ3v) is 3.33. The number of carbonyl (C=O) groups excluding carboxylic acids is 1. The van der Waals surface area contributed by atoms with Gasteiger partial charge in [0.15, 0.2) is 11.6 Å². The zero-order chi connectivity index (χ0) is 17.7. The van der Waals surface area contributed by atoms with E-state index in [9.17, 15) is 19.3 Å². The minimum atomic E-state index is -0.645. The molecule has 0 aliphatic carbocycles. The van der Waals surface area contributed by atoms with Gasteiger partial charge in [-0.15, -0.1) is 0 Å². The molecule has 124 valence electrons. The Balaban J connectivity index is 2.09. The maximum Gasteiger partial charge on any atom is 0.289 e. The molecule has 0 saturated heterocycles. The summed E-state index contributed by atoms with van der Waals surface area (Å²) in [6.07, 6.45) is 2.59. The quantitative estimate of drug-likeness (QED) is 0.501. The molecule has 0 aliphatic heterocycles. The van der Waals surface area contributed by atoms with Gasteiger partial charge < -0.3 is 10.1 Å². The van der Waals surface area contributed by atoms with Gasteiger partial charge in [-0.3, -0.25) is 14.9 Å². The monoisotopic (exact) mass is 350 g/mol. The Kier molecular flexibility index (Phi) is 5.49. The number of hydrogen-bond acceptors (Lipinski definition) is 4. The number of anilines is 1. The van der Waals surface area contributed by atoms with Gasteiger partial charge in [-0.25, -0.2) is 4.39 Å². The molecule has 0 aromatic heterocycles. The number of nitrogens with zero attached hydrogens (tertiary/aromatic N) is 1. The van der Waals surface area contributed by atoms with Gasteiger partial charge in [0.05, 0.1) is 12.0 Å². The van der Waals surface area contributed by atoms with E-state index < -0.39 is 16.6 Å². The van der Waals surface area contributed by atoms with E-state index in [0.717, 1.165) is 6.07 Å². The van der Waals surface area contributed by atoms with Gasteiger partial charge in [0.1, 0.15) is 5.02 Å². The van der Waals surface area contributed by atoms with Crippen molar-refractivity contribution in [2.75, 3.05) is 12.4 Å². The zero-order valence-corrected chi connectivity index (χ0v) is 13.2. The molecule has 2 aromatic carbocycles. The van der Waals surface area contributed by atoms with Crippen LogP contribution in [0.3, 0.4) is 0 Å². The van der Waals surface area contributed by atoms with Gasteiger partial charge >= 0.3 is 0 Å². The van der Waals surface area contributed by atoms with Crippen LogP contribution in [0.2, 0.25) is 5.02 Å². The molecular formula is C16H12ClFN2O4. The molecule has 24 heavy (non-hydrogen) atoms. The first kappa shape index (κ1) is 17.4. The summed E-state index contributed by atoms with van der Waals surface area (Å²) in [5, 5.41) is 13.2. The number of benzene rings is 2. The smallest absolute Gasteiger partial charge is 0.289 e. The second-order valence-corrected chi connectivity index (χ2v) is 5.05. The molecule has 1 amide bonds. The van der Waals surface area contributed by atoms with Crippen LogP contribution in [0.1, 0.15) is 5.56 Å². The van der Waals surface area contributed by atoms with E-state index in [-0.39, 0.29) is 22.1 Å². The average molecular weight is 351 g/mol. The van der Waals surface area contributed by atoms with E-state index in [2.05, 4.69) is 5.32 Å². The predicted molar refractivity (Wildman–Crippen MR) is 88.7 cm³/mol. The van der Waals surface area contributed by atoms with E-state index in [1.807, 2.05) is 0 Å². The lowest BCUT2D eigenvalue weighted by Crippen LogP contribution is -2.08. The summed E-state index contributed by atoms with van der Waals surface area (Å²) in [4.78, 5) is 22.0. The Morgan fingerprint density at radius 2 is 2.08 bits per heavy atom. The first-order valence-electron chi connectivity index (χ1n) is 6.67. The lowest BCUT2D eigenvalue weighted by Gasteiger charge is -2.03. The summed E-state index contributed by atoms with van der Waals surface area (Å²) < 4.78 is 18.3. The van der Waals surface area contributed by atoms with E-state index in [1.54, 1.807) is 6.07 Å². The molecule has 0 atom stereocenters. The number of carbonyl (C=O) groups is 1. The molecule has 0 heterocycles. The largest absolute Gasteiger partial charge is 0.494 e. The minimum absolute atomic E-state index is 0.0257. The third-order valence-electron chi connectivity index (χ3n) is 3.01. The van der Waals surface area contributed by atoms with Crippen LogP contribution in [0.15, 0.2) is 42.5 Å². The van der Waals surface area contributed by atoms with Crippen molar-refractivity contribution in [1.29, 1.82) is 0 Å². The number of nitro groups is 1. The summed E-state index contributed by atoms with van der Waals surface area (Å²) >= 11 is 5.69. The molecule has 0 fully saturated rings. The number of nitro benzene ring substituents is 1. The molecule has 1 N–H and O–H groups in total. The normalized spacial score (nSPS) is 10.6. The van der Waals surface area contributed by atoms with Crippen LogP contribution < -0.4 is 10.1 Å². The van der Waals surface area contributed by atoms with Crippen LogP contribution in [0.4, 0.5) is 15.8 Å². The highest BCUT2D eigenvalue weighted by atomic mass is 35.5. The lowest BCUT2D eigenvalue weighted by molar-refractivity contribution is -0.384. The molecule has 2 aromatic rings. The van der Waals surface area contributed by atoms with Gasteiger partial charge in [-0.2, -0.15) is 0 Å². The summed E-state index contributed by atoms with van der Waals surface area (Å²) in [7, 11) is 1.35. The van der Waals surface area contributed by atoms with Crippen LogP contribution in [0.25, 0.3) is 6.08 Å². The molecule has 6 nitrogen and oxygen atoms in total. The number of ether oxygens (including phenoxy) is 1. The second kappa shape index (κ2) is 7.56. The van der Waals surface area contributed by atoms with Gasteiger partial charge in [0.2, 0.25) is 5.91 Å². The number of methoxy groups -OCH3 is 1. The molecule has 0 spiro atoms. The number of halogens is 2. The second-order valence-electron chi connectivity index (χ2n) is 4.64. The summed E-state index contributed by atoms with van der Waals surface area (Å²) in [5.41, 5.74) is 0.378. The summed E-state index contributed by atoms with van der Waals surface area (Å²) in [6.45, 7) is 0. The third kappa shape index (κ3) is 4.30. The standard InChI is InChI=1S/C16H12ClFN2O4/c1-24-15-6-2-10(8-13(15)18)3-7-16(21)19-11-4-5-12(17)14(9-11)20(22)23/h2-9H,1H3,(H,19,21)/b7-3+. The number of hydrogen-bond donors (Lipinski definition) is 1. The van der Waals surface area contributed by atoms with Crippen LogP contribution in [-0.4, -0.2) is 17.9 Å². The van der Waals surface area contributed by atoms with Crippen molar-refractivity contribution >= 4 is 35.0 Å². The number of rotatable bonds is 5. The van der Waals surface area contributed by atoms with Crippen molar-refractivity contribution in [2.45, 2.75) is 0 Å². The van der Waals surface area contributed by atoms with Crippen molar-refractivity contribution in [3.8, 4) is 5.75 Å². The highest BCUT2D eigenvalue weighted by Gasteiger charge is 2.13. The fraction of sp³-hybridized carbons (Fsp3) is 0.0625. The van der Waals surface area contributed by atoms with Crippen molar-refractivity contribution in [2.24, 2.45) is 0 Å². The SMILES string of the molecule is COc1ccc(/C=C/C(=O)Nc2ccc(Cl)c([N+](=O)[O-])c2)cc1F. The summed E-state index contributed by atoms with van der Waals surface area (Å²) in [5.74, 6) is -0.971. The van der Waals surface area contributed by atoms with E-state index >= 15 is 0 Å². The molecule has 0 aliphatic rings. The fourth-order valence-corrected chi connectivity index (χ4v) is 2.06. The van der Waals surface area contributed by atoms with E-state index in [0.29, 0.717) is 5.56 Å². The zero-order valence-electron chi connectivity index (χ0n) is 12.5. The molecule has 2 rings (SSSR count). The Bertz CT molecular complexity index is 824. The number of nitrogens with one attached hydrogen (secondary N) is 1. The molecular weight excluding hydrogens is 339 g/mol. The van der Waals surface area contributed by atoms with Crippen LogP contribution >= 0.6 is 11.6 Å².